The summed E-state index contributed by atoms with van der Waals surface area (Å²) < 4.78 is 5.40. The molecular formula is C16H18N2O3. The molecule has 0 bridgehead atoms. The molecule has 110 valence electrons. The number of carbonyl (C=O) groups excluding carboxylic acids is 1. The van der Waals surface area contributed by atoms with Crippen LogP contribution in [0.4, 0.5) is 0 Å². The van der Waals surface area contributed by atoms with Gasteiger partial charge in [-0.3, -0.25) is 9.59 Å². The number of likely N-dealkylation sites (N-methyl/N-ethyl adjacent to an activating group) is 1. The van der Waals surface area contributed by atoms with Gasteiger partial charge in [-0.2, -0.15) is 0 Å². The van der Waals surface area contributed by atoms with Crippen molar-refractivity contribution in [2.75, 3.05) is 13.7 Å². The molecule has 21 heavy (non-hydrogen) atoms. The number of benzene rings is 1. The smallest absolute Gasteiger partial charge is 0.253 e. The lowest BCUT2D eigenvalue weighted by molar-refractivity contribution is -0.140. The number of H-pyrrole nitrogens is 1. The third-order valence-corrected chi connectivity index (χ3v) is 3.82. The molecule has 2 heterocycles. The van der Waals surface area contributed by atoms with Crippen molar-refractivity contribution in [2.45, 2.75) is 25.5 Å². The number of hydrogen-bond donors (Lipinski definition) is 1. The maximum absolute atomic E-state index is 12.2. The fourth-order valence-electron chi connectivity index (χ4n) is 2.66. The van der Waals surface area contributed by atoms with E-state index in [1.165, 1.54) is 0 Å². The molecule has 1 saturated heterocycles. The molecule has 1 aromatic carbocycles. The topological polar surface area (TPSA) is 62.4 Å². The van der Waals surface area contributed by atoms with Crippen LogP contribution in [0.3, 0.4) is 0 Å². The van der Waals surface area contributed by atoms with Gasteiger partial charge in [0.2, 0.25) is 0 Å². The number of nitrogens with zero attached hydrogens (tertiary/aromatic N) is 1. The van der Waals surface area contributed by atoms with Gasteiger partial charge in [0.1, 0.15) is 6.10 Å². The summed E-state index contributed by atoms with van der Waals surface area (Å²) in [7, 11) is 1.71. The third-order valence-electron chi connectivity index (χ3n) is 3.82. The van der Waals surface area contributed by atoms with E-state index >= 15 is 0 Å². The van der Waals surface area contributed by atoms with E-state index in [1.54, 1.807) is 11.9 Å². The Kier molecular flexibility index (Phi) is 3.75. The summed E-state index contributed by atoms with van der Waals surface area (Å²) in [5, 5.41) is 0.963. The largest absolute Gasteiger partial charge is 0.368 e. The van der Waals surface area contributed by atoms with E-state index in [9.17, 15) is 9.59 Å². The Morgan fingerprint density at radius 2 is 2.24 bits per heavy atom. The lowest BCUT2D eigenvalue weighted by Crippen LogP contribution is -2.36. The SMILES string of the molecule is CN(Cc1cc2ccccc2[nH]c1=O)C(=O)C1CCCO1. The molecule has 3 rings (SSSR count). The highest BCUT2D eigenvalue weighted by molar-refractivity contribution is 5.81. The summed E-state index contributed by atoms with van der Waals surface area (Å²) in [6.45, 7) is 0.930. The van der Waals surface area contributed by atoms with Crippen LogP contribution < -0.4 is 5.56 Å². The molecule has 0 saturated carbocycles. The average Bonchev–Trinajstić information content (AvgIpc) is 3.01. The first kappa shape index (κ1) is 13.8. The highest BCUT2D eigenvalue weighted by Gasteiger charge is 2.26. The highest BCUT2D eigenvalue weighted by atomic mass is 16.5. The van der Waals surface area contributed by atoms with Crippen molar-refractivity contribution in [2.24, 2.45) is 0 Å². The van der Waals surface area contributed by atoms with Gasteiger partial charge in [0, 0.05) is 24.7 Å². The van der Waals surface area contributed by atoms with Gasteiger partial charge in [0.05, 0.1) is 6.54 Å². The van der Waals surface area contributed by atoms with Crippen molar-refractivity contribution in [3.8, 4) is 0 Å². The molecular weight excluding hydrogens is 268 g/mol. The summed E-state index contributed by atoms with van der Waals surface area (Å²) in [4.78, 5) is 28.7. The Morgan fingerprint density at radius 3 is 3.00 bits per heavy atom. The van der Waals surface area contributed by atoms with E-state index in [0.717, 1.165) is 23.7 Å². The first-order valence-electron chi connectivity index (χ1n) is 7.12. The fraction of sp³-hybridized carbons (Fsp3) is 0.375. The molecule has 5 heteroatoms. The van der Waals surface area contributed by atoms with Crippen molar-refractivity contribution < 1.29 is 9.53 Å². The number of amides is 1. The van der Waals surface area contributed by atoms with Gasteiger partial charge >= 0.3 is 0 Å². The van der Waals surface area contributed by atoms with Crippen LogP contribution in [0.15, 0.2) is 35.1 Å². The molecule has 1 amide bonds. The van der Waals surface area contributed by atoms with Gasteiger partial charge in [0.25, 0.3) is 11.5 Å². The summed E-state index contributed by atoms with van der Waals surface area (Å²) in [6.07, 6.45) is 1.33. The van der Waals surface area contributed by atoms with Gasteiger partial charge < -0.3 is 14.6 Å². The highest BCUT2D eigenvalue weighted by Crippen LogP contribution is 2.16. The Balaban J connectivity index is 1.82. The molecule has 0 spiro atoms. The molecule has 1 aliphatic heterocycles. The maximum Gasteiger partial charge on any atom is 0.253 e. The van der Waals surface area contributed by atoms with Gasteiger partial charge in [-0.1, -0.05) is 18.2 Å². The normalized spacial score (nSPS) is 18.0. The van der Waals surface area contributed by atoms with E-state index in [4.69, 9.17) is 4.74 Å². The number of carbonyl (C=O) groups is 1. The third kappa shape index (κ3) is 2.83. The average molecular weight is 286 g/mol. The number of pyridine rings is 1. The van der Waals surface area contributed by atoms with Crippen LogP contribution in [-0.4, -0.2) is 35.5 Å². The second-order valence-electron chi connectivity index (χ2n) is 5.41. The Labute approximate surface area is 122 Å². The first-order valence-corrected chi connectivity index (χ1v) is 7.12. The second kappa shape index (κ2) is 5.69. The molecule has 1 fully saturated rings. The summed E-state index contributed by atoms with van der Waals surface area (Å²) in [6, 6.07) is 9.45. The van der Waals surface area contributed by atoms with Crippen LogP contribution in [0.2, 0.25) is 0 Å². The zero-order valence-electron chi connectivity index (χ0n) is 12.0. The van der Waals surface area contributed by atoms with Crippen molar-refractivity contribution in [1.29, 1.82) is 0 Å². The number of nitrogens with one attached hydrogen (secondary N) is 1. The van der Waals surface area contributed by atoms with E-state index < -0.39 is 0 Å². The van der Waals surface area contributed by atoms with Crippen molar-refractivity contribution in [3.63, 3.8) is 0 Å². The minimum absolute atomic E-state index is 0.0555. The van der Waals surface area contributed by atoms with Crippen LogP contribution in [-0.2, 0) is 16.1 Å². The van der Waals surface area contributed by atoms with Crippen molar-refractivity contribution in [3.05, 3.63) is 46.2 Å². The zero-order chi connectivity index (χ0) is 14.8. The number of hydrogen-bond acceptors (Lipinski definition) is 3. The van der Waals surface area contributed by atoms with Gasteiger partial charge in [-0.05, 0) is 30.4 Å². The fourth-order valence-corrected chi connectivity index (χ4v) is 2.66. The molecule has 0 radical (unpaired) electrons. The van der Waals surface area contributed by atoms with E-state index in [0.29, 0.717) is 18.7 Å². The molecule has 1 N–H and O–H groups in total. The van der Waals surface area contributed by atoms with Gasteiger partial charge in [0.15, 0.2) is 0 Å². The maximum atomic E-state index is 12.2. The summed E-state index contributed by atoms with van der Waals surface area (Å²) in [5.41, 5.74) is 1.24. The standard InChI is InChI=1S/C16H18N2O3/c1-18(16(20)14-7-4-8-21-14)10-12-9-11-5-2-3-6-13(11)17-15(12)19/h2-3,5-6,9,14H,4,7-8,10H2,1H3,(H,17,19). The molecule has 1 unspecified atom stereocenters. The van der Waals surface area contributed by atoms with Crippen LogP contribution >= 0.6 is 0 Å². The number of ether oxygens (including phenoxy) is 1. The Morgan fingerprint density at radius 1 is 1.43 bits per heavy atom. The summed E-state index contributed by atoms with van der Waals surface area (Å²) in [5.74, 6) is -0.0555. The minimum atomic E-state index is -0.352. The number of aromatic amines is 1. The Hall–Kier alpha value is -2.14. The molecule has 0 aliphatic carbocycles. The first-order chi connectivity index (χ1) is 10.1. The lowest BCUT2D eigenvalue weighted by atomic mass is 10.1. The Bertz CT molecular complexity index is 717. The summed E-state index contributed by atoms with van der Waals surface area (Å²) >= 11 is 0. The number of fused-ring (bicyclic) bond motifs is 1. The monoisotopic (exact) mass is 286 g/mol. The van der Waals surface area contributed by atoms with E-state index in [-0.39, 0.29) is 17.6 Å². The van der Waals surface area contributed by atoms with Crippen LogP contribution in [0, 0.1) is 0 Å². The number of aromatic nitrogens is 1. The quantitative estimate of drug-likeness (QED) is 0.933. The number of para-hydroxylation sites is 1. The van der Waals surface area contributed by atoms with Gasteiger partial charge in [-0.25, -0.2) is 0 Å². The van der Waals surface area contributed by atoms with Crippen LogP contribution in [0.5, 0.6) is 0 Å². The lowest BCUT2D eigenvalue weighted by Gasteiger charge is -2.20. The molecule has 1 atom stereocenters. The molecule has 1 aromatic heterocycles. The van der Waals surface area contributed by atoms with E-state index in [1.807, 2.05) is 30.3 Å². The van der Waals surface area contributed by atoms with Crippen LogP contribution in [0.25, 0.3) is 10.9 Å². The van der Waals surface area contributed by atoms with Crippen molar-refractivity contribution >= 4 is 16.8 Å². The minimum Gasteiger partial charge on any atom is -0.368 e. The van der Waals surface area contributed by atoms with E-state index in [2.05, 4.69) is 4.98 Å². The molecule has 2 aromatic rings. The zero-order valence-corrected chi connectivity index (χ0v) is 12.0. The van der Waals surface area contributed by atoms with Crippen LogP contribution in [0.1, 0.15) is 18.4 Å². The second-order valence-corrected chi connectivity index (χ2v) is 5.41. The van der Waals surface area contributed by atoms with Crippen molar-refractivity contribution in [1.82, 2.24) is 9.88 Å². The predicted molar refractivity (Wildman–Crippen MR) is 80.0 cm³/mol. The van der Waals surface area contributed by atoms with Gasteiger partial charge in [-0.15, -0.1) is 0 Å². The molecule has 5 nitrogen and oxygen atoms in total. The number of rotatable bonds is 3. The molecule has 1 aliphatic rings. The predicted octanol–water partition coefficient (Wildman–Crippen LogP) is 1.67.